The molecule has 2 aliphatic heterocycles. The summed E-state index contributed by atoms with van der Waals surface area (Å²) in [6.07, 6.45) is 24.5. The molecular formula is C36H25NO4S7. The van der Waals surface area contributed by atoms with Crippen molar-refractivity contribution in [3.63, 3.8) is 0 Å². The number of Topliss-reactive ketones (excluding diaryl/α,β-unsaturated/α-hetero) is 4. The Labute approximate surface area is 308 Å². The van der Waals surface area contributed by atoms with Crippen LogP contribution in [0, 0.1) is 7.65 Å². The van der Waals surface area contributed by atoms with Crippen molar-refractivity contribution in [1.82, 2.24) is 4.57 Å². The molecule has 0 aromatic carbocycles. The van der Waals surface area contributed by atoms with Crippen LogP contribution in [0.3, 0.4) is 0 Å². The second kappa shape index (κ2) is 14.2. The largest absolute Gasteiger partial charge is 0.335 e. The third-order valence-electron chi connectivity index (χ3n) is 8.08. The van der Waals surface area contributed by atoms with Gasteiger partial charge in [-0.15, -0.1) is 11.3 Å². The van der Waals surface area contributed by atoms with Crippen molar-refractivity contribution >= 4 is 114 Å². The Morgan fingerprint density at radius 2 is 0.854 bits per heavy atom. The van der Waals surface area contributed by atoms with Crippen molar-refractivity contribution in [2.75, 3.05) is 0 Å². The summed E-state index contributed by atoms with van der Waals surface area (Å²) in [5.41, 5.74) is 2.57. The van der Waals surface area contributed by atoms with Crippen LogP contribution in [0.25, 0.3) is 8.47 Å². The molecule has 0 spiro atoms. The SMILES string of the molecule is CCn1c(=C2SC(C(=O)C3=CC=CC3)=C(C(=O)C3=CC=CC3)S2)c(=S)sc(=S)c1=C1SC(C(=O)C2=CC=CC2)=C(C(=O)C2=CC=CC2)S1. The highest BCUT2D eigenvalue weighted by atomic mass is 32.2. The molecule has 240 valence electrons. The first-order valence-electron chi connectivity index (χ1n) is 15.1. The highest BCUT2D eigenvalue weighted by Crippen LogP contribution is 2.54. The van der Waals surface area contributed by atoms with Crippen molar-refractivity contribution in [2.24, 2.45) is 0 Å². The Bertz CT molecular complexity index is 2060. The lowest BCUT2D eigenvalue weighted by molar-refractivity contribution is -0.113. The van der Waals surface area contributed by atoms with Crippen molar-refractivity contribution in [3.05, 3.63) is 133 Å². The van der Waals surface area contributed by atoms with E-state index < -0.39 is 0 Å². The van der Waals surface area contributed by atoms with Crippen LogP contribution in [0.5, 0.6) is 0 Å². The van der Waals surface area contributed by atoms with Crippen molar-refractivity contribution < 1.29 is 19.2 Å². The molecule has 0 fully saturated rings. The van der Waals surface area contributed by atoms with Gasteiger partial charge >= 0.3 is 0 Å². The van der Waals surface area contributed by atoms with Gasteiger partial charge in [0.2, 0.25) is 0 Å². The number of ketones is 4. The van der Waals surface area contributed by atoms with E-state index in [2.05, 4.69) is 0 Å². The summed E-state index contributed by atoms with van der Waals surface area (Å²) in [7, 11) is 0. The highest BCUT2D eigenvalue weighted by Gasteiger charge is 2.36. The fraction of sp³-hybridized carbons (Fsp3) is 0.167. The van der Waals surface area contributed by atoms with E-state index >= 15 is 0 Å². The minimum atomic E-state index is -0.154. The summed E-state index contributed by atoms with van der Waals surface area (Å²) in [6, 6.07) is 0. The van der Waals surface area contributed by atoms with Gasteiger partial charge in [-0.1, -0.05) is 144 Å². The Balaban J connectivity index is 1.37. The van der Waals surface area contributed by atoms with E-state index in [1.54, 1.807) is 24.3 Å². The van der Waals surface area contributed by atoms with E-state index in [0.29, 0.717) is 92.5 Å². The molecule has 0 radical (unpaired) electrons. The quantitative estimate of drug-likeness (QED) is 0.230. The first-order chi connectivity index (χ1) is 23.3. The molecule has 5 nitrogen and oxygen atoms in total. The van der Waals surface area contributed by atoms with E-state index in [1.165, 1.54) is 58.4 Å². The molecule has 0 atom stereocenters. The molecule has 0 unspecified atom stereocenters. The van der Waals surface area contributed by atoms with Crippen LogP contribution in [0.4, 0.5) is 0 Å². The molecule has 0 saturated carbocycles. The van der Waals surface area contributed by atoms with Gasteiger partial charge in [-0.2, -0.15) is 0 Å². The van der Waals surface area contributed by atoms with Crippen LogP contribution in [-0.4, -0.2) is 27.7 Å². The maximum absolute atomic E-state index is 13.8. The molecular weight excluding hydrogens is 735 g/mol. The van der Waals surface area contributed by atoms with Gasteiger partial charge in [-0.05, 0) is 32.6 Å². The second-order valence-corrected chi connectivity index (χ2v) is 18.0. The Hall–Kier alpha value is -2.84. The predicted octanol–water partition coefficient (Wildman–Crippen LogP) is 8.36. The lowest BCUT2D eigenvalue weighted by Gasteiger charge is -2.11. The molecule has 1 aromatic rings. The van der Waals surface area contributed by atoms with Gasteiger partial charge < -0.3 is 4.57 Å². The number of nitrogens with zero attached hydrogens (tertiary/aromatic N) is 1. The van der Waals surface area contributed by atoms with Gasteiger partial charge in [0, 0.05) is 28.8 Å². The van der Waals surface area contributed by atoms with E-state index in [4.69, 9.17) is 24.4 Å². The zero-order valence-corrected chi connectivity index (χ0v) is 31.1. The van der Waals surface area contributed by atoms with Crippen LogP contribution < -0.4 is 10.7 Å². The van der Waals surface area contributed by atoms with Gasteiger partial charge in [-0.3, -0.25) is 19.2 Å². The number of rotatable bonds is 9. The highest BCUT2D eigenvalue weighted by molar-refractivity contribution is 8.37. The van der Waals surface area contributed by atoms with Gasteiger partial charge in [0.15, 0.2) is 23.1 Å². The molecule has 4 aliphatic carbocycles. The molecule has 0 saturated heterocycles. The maximum atomic E-state index is 13.8. The van der Waals surface area contributed by atoms with E-state index in [0.717, 1.165) is 8.47 Å². The molecule has 0 N–H and O–H groups in total. The molecule has 1 aromatic heterocycles. The average Bonchev–Trinajstić information content (AvgIpc) is 3.94. The number of thioether (sulfide) groups is 4. The standard InChI is InChI=1S/C36H25NO4S7/c1-2-37-23(35-44-29(25(38)19-11-3-4-12-19)30(45-35)26(39)20-13-5-6-14-20)33(42)48-34(43)24(37)36-46-31(27(40)21-15-7-8-16-21)32(47-36)28(41)22-17-9-10-18-22/h3-11,13,15,17H,2,12,14,16,18H2,1H3. The normalized spacial score (nSPS) is 19.6. The maximum Gasteiger partial charge on any atom is 0.197 e. The van der Waals surface area contributed by atoms with Gasteiger partial charge in [0.05, 0.1) is 38.8 Å². The molecule has 12 heteroatoms. The fourth-order valence-electron chi connectivity index (χ4n) is 5.65. The van der Waals surface area contributed by atoms with Crippen LogP contribution in [0.1, 0.15) is 32.6 Å². The summed E-state index contributed by atoms with van der Waals surface area (Å²) >= 11 is 18.3. The third kappa shape index (κ3) is 6.21. The Kier molecular flexibility index (Phi) is 9.94. The number of hydrogen-bond donors (Lipinski definition) is 0. The van der Waals surface area contributed by atoms with Crippen LogP contribution in [0.15, 0.2) is 115 Å². The average molecular weight is 760 g/mol. The minimum Gasteiger partial charge on any atom is -0.335 e. The smallest absolute Gasteiger partial charge is 0.197 e. The summed E-state index contributed by atoms with van der Waals surface area (Å²) in [5.74, 6) is -0.617. The monoisotopic (exact) mass is 759 g/mol. The van der Waals surface area contributed by atoms with Gasteiger partial charge in [0.1, 0.15) is 7.65 Å². The zero-order valence-electron chi connectivity index (χ0n) is 25.4. The molecule has 6 aliphatic rings. The predicted molar refractivity (Wildman–Crippen MR) is 208 cm³/mol. The van der Waals surface area contributed by atoms with Crippen LogP contribution >= 0.6 is 82.8 Å². The lowest BCUT2D eigenvalue weighted by Crippen LogP contribution is -2.35. The number of carbonyl (C=O) groups excluding carboxylic acids is 4. The van der Waals surface area contributed by atoms with E-state index in [9.17, 15) is 19.2 Å². The van der Waals surface area contributed by atoms with Crippen molar-refractivity contribution in [3.8, 4) is 0 Å². The summed E-state index contributed by atoms with van der Waals surface area (Å²) in [5, 5.41) is 1.40. The minimum absolute atomic E-state index is 0.154. The summed E-state index contributed by atoms with van der Waals surface area (Å²) in [4.78, 5) is 56.8. The van der Waals surface area contributed by atoms with Gasteiger partial charge in [0.25, 0.3) is 0 Å². The Morgan fingerprint density at radius 3 is 1.08 bits per heavy atom. The summed E-state index contributed by atoms with van der Waals surface area (Å²) < 4.78 is 4.58. The van der Waals surface area contributed by atoms with E-state index in [1.807, 2.05) is 60.1 Å². The Morgan fingerprint density at radius 1 is 0.562 bits per heavy atom. The first kappa shape index (κ1) is 33.6. The van der Waals surface area contributed by atoms with Crippen molar-refractivity contribution in [2.45, 2.75) is 39.2 Å². The number of allylic oxidation sites excluding steroid dienone is 20. The molecule has 48 heavy (non-hydrogen) atoms. The van der Waals surface area contributed by atoms with Crippen molar-refractivity contribution in [1.29, 1.82) is 0 Å². The van der Waals surface area contributed by atoms with Crippen LogP contribution in [-0.2, 0) is 25.7 Å². The third-order valence-corrected chi connectivity index (χ3v) is 14.9. The zero-order chi connectivity index (χ0) is 33.5. The van der Waals surface area contributed by atoms with E-state index in [-0.39, 0.29) is 23.1 Å². The lowest BCUT2D eigenvalue weighted by atomic mass is 10.1. The first-order valence-corrected chi connectivity index (χ1v) is 20.0. The number of hydrogen-bond acceptors (Lipinski definition) is 11. The second-order valence-electron chi connectivity index (χ2n) is 11.0. The molecule has 3 heterocycles. The topological polar surface area (TPSA) is 73.2 Å². The van der Waals surface area contributed by atoms with Gasteiger partial charge in [-0.25, -0.2) is 0 Å². The summed E-state index contributed by atoms with van der Waals surface area (Å²) in [6.45, 7) is 2.47. The fourth-order valence-corrected chi connectivity index (χ4v) is 13.5. The molecule has 0 bridgehead atoms. The number of carbonyl (C=O) groups is 4. The number of aromatic nitrogens is 1. The molecule has 0 amide bonds. The molecule has 7 rings (SSSR count). The van der Waals surface area contributed by atoms with Crippen LogP contribution in [0.2, 0.25) is 0 Å².